The number of amides is 1. The number of aliphatic hydroxyl groups excluding tert-OH is 1. The highest BCUT2D eigenvalue weighted by Crippen LogP contribution is 2.39. The molecule has 186 valence electrons. The maximum Gasteiger partial charge on any atom is 0.340 e. The van der Waals surface area contributed by atoms with Crippen molar-refractivity contribution in [3.63, 3.8) is 0 Å². The quantitative estimate of drug-likeness (QED) is 0.237. The van der Waals surface area contributed by atoms with Gasteiger partial charge in [0.25, 0.3) is 5.91 Å². The molecule has 0 radical (unpaired) electrons. The number of anilines is 1. The van der Waals surface area contributed by atoms with Crippen molar-refractivity contribution in [3.05, 3.63) is 43.1 Å². The second-order valence-electron chi connectivity index (χ2n) is 8.44. The van der Waals surface area contributed by atoms with E-state index in [-0.39, 0.29) is 43.3 Å². The third-order valence-electron chi connectivity index (χ3n) is 6.15. The molecular formula is C24H32FN3O6. The predicted octanol–water partition coefficient (Wildman–Crippen LogP) is 1.67. The lowest BCUT2D eigenvalue weighted by Crippen LogP contribution is -2.53. The van der Waals surface area contributed by atoms with Crippen LogP contribution in [0.3, 0.4) is 0 Å². The van der Waals surface area contributed by atoms with Crippen molar-refractivity contribution in [1.82, 2.24) is 10.3 Å². The zero-order valence-electron chi connectivity index (χ0n) is 19.4. The van der Waals surface area contributed by atoms with Gasteiger partial charge in [-0.15, -0.1) is 0 Å². The number of carbonyl (C=O) groups excluding carboxylic acids is 2. The zero-order valence-corrected chi connectivity index (χ0v) is 19.4. The molecule has 1 aromatic heterocycles. The van der Waals surface area contributed by atoms with Gasteiger partial charge in [0, 0.05) is 33.2 Å². The lowest BCUT2D eigenvalue weighted by molar-refractivity contribution is -0.147. The summed E-state index contributed by atoms with van der Waals surface area (Å²) in [5.41, 5.74) is -0.933. The van der Waals surface area contributed by atoms with Crippen molar-refractivity contribution in [2.75, 3.05) is 51.6 Å². The van der Waals surface area contributed by atoms with Crippen LogP contribution in [-0.2, 0) is 14.3 Å². The maximum atomic E-state index is 13.0. The number of esters is 1. The molecule has 2 atom stereocenters. The Morgan fingerprint density at radius 3 is 2.65 bits per heavy atom. The Morgan fingerprint density at radius 2 is 2.06 bits per heavy atom. The molecular weight excluding hydrogens is 445 g/mol. The summed E-state index contributed by atoms with van der Waals surface area (Å²) in [7, 11) is 1.65. The molecule has 9 nitrogen and oxygen atoms in total. The first-order valence-electron chi connectivity index (χ1n) is 11.3. The van der Waals surface area contributed by atoms with Crippen molar-refractivity contribution in [2.45, 2.75) is 24.5 Å². The Kier molecular flexibility index (Phi) is 8.62. The minimum atomic E-state index is -1.69. The molecule has 10 heteroatoms. The number of ether oxygens (including phenoxy) is 3. The number of methoxy groups -OCH3 is 1. The summed E-state index contributed by atoms with van der Waals surface area (Å²) in [6, 6.07) is 3.28. The molecule has 1 aliphatic heterocycles. The van der Waals surface area contributed by atoms with Crippen LogP contribution in [0.15, 0.2) is 37.4 Å². The van der Waals surface area contributed by atoms with E-state index in [2.05, 4.69) is 23.5 Å². The number of alkyl halides is 1. The topological polar surface area (TPSA) is 110 Å². The van der Waals surface area contributed by atoms with Crippen molar-refractivity contribution < 1.29 is 33.3 Å². The van der Waals surface area contributed by atoms with Crippen LogP contribution in [0.2, 0.25) is 0 Å². The SMILES string of the molecule is C=CC(C=C)(NC(=O)c1ccc(N2CC(OC)C2)c(OC[C@H]2C[C@@H]2CO)n1)C(=O)OCCCF. The van der Waals surface area contributed by atoms with E-state index < -0.39 is 24.1 Å². The second-order valence-corrected chi connectivity index (χ2v) is 8.44. The fraction of sp³-hybridized carbons (Fsp3) is 0.542. The Labute approximate surface area is 198 Å². The minimum absolute atomic E-state index is 0.0294. The van der Waals surface area contributed by atoms with Crippen LogP contribution < -0.4 is 15.0 Å². The van der Waals surface area contributed by atoms with E-state index in [0.717, 1.165) is 12.1 Å². The van der Waals surface area contributed by atoms with Gasteiger partial charge in [-0.1, -0.05) is 25.3 Å². The number of halogens is 1. The fourth-order valence-electron chi connectivity index (χ4n) is 3.61. The van der Waals surface area contributed by atoms with Crippen molar-refractivity contribution >= 4 is 17.6 Å². The van der Waals surface area contributed by atoms with Crippen molar-refractivity contribution in [3.8, 4) is 5.88 Å². The number of hydrogen-bond donors (Lipinski definition) is 2. The molecule has 1 aliphatic carbocycles. The van der Waals surface area contributed by atoms with Gasteiger partial charge < -0.3 is 29.5 Å². The molecule has 2 fully saturated rings. The number of hydrogen-bond acceptors (Lipinski definition) is 8. The first kappa shape index (κ1) is 25.6. The first-order valence-corrected chi connectivity index (χ1v) is 11.3. The molecule has 1 saturated carbocycles. The molecule has 0 spiro atoms. The van der Waals surface area contributed by atoms with Crippen molar-refractivity contribution in [1.29, 1.82) is 0 Å². The van der Waals surface area contributed by atoms with Gasteiger partial charge in [-0.25, -0.2) is 9.78 Å². The molecule has 0 bridgehead atoms. The summed E-state index contributed by atoms with van der Waals surface area (Å²) < 4.78 is 28.7. The molecule has 3 rings (SSSR count). The van der Waals surface area contributed by atoms with Gasteiger partial charge in [0.1, 0.15) is 11.4 Å². The van der Waals surface area contributed by atoms with E-state index in [0.29, 0.717) is 25.6 Å². The number of nitrogens with one attached hydrogen (secondary N) is 1. The predicted molar refractivity (Wildman–Crippen MR) is 124 cm³/mol. The van der Waals surface area contributed by atoms with E-state index in [4.69, 9.17) is 14.2 Å². The molecule has 34 heavy (non-hydrogen) atoms. The highest BCUT2D eigenvalue weighted by atomic mass is 19.1. The van der Waals surface area contributed by atoms with E-state index in [1.54, 1.807) is 13.2 Å². The first-order chi connectivity index (χ1) is 16.4. The third kappa shape index (κ3) is 5.74. The summed E-state index contributed by atoms with van der Waals surface area (Å²) in [5.74, 6) is -0.715. The molecule has 1 saturated heterocycles. The second kappa shape index (κ2) is 11.4. The highest BCUT2D eigenvalue weighted by Gasteiger charge is 2.39. The average molecular weight is 478 g/mol. The van der Waals surface area contributed by atoms with Crippen LogP contribution in [0, 0.1) is 11.8 Å². The van der Waals surface area contributed by atoms with Gasteiger partial charge in [0.05, 0.1) is 26.0 Å². The Hall–Kier alpha value is -2.98. The fourth-order valence-corrected chi connectivity index (χ4v) is 3.61. The smallest absolute Gasteiger partial charge is 0.340 e. The highest BCUT2D eigenvalue weighted by molar-refractivity contribution is 5.99. The number of carbonyl (C=O) groups is 2. The lowest BCUT2D eigenvalue weighted by Gasteiger charge is -2.40. The lowest BCUT2D eigenvalue weighted by atomic mass is 9.99. The minimum Gasteiger partial charge on any atom is -0.476 e. The largest absolute Gasteiger partial charge is 0.476 e. The van der Waals surface area contributed by atoms with Crippen LogP contribution in [0.5, 0.6) is 5.88 Å². The Balaban J connectivity index is 1.76. The summed E-state index contributed by atoms with van der Waals surface area (Å²) >= 11 is 0. The molecule has 2 aliphatic rings. The zero-order chi connectivity index (χ0) is 24.7. The maximum absolute atomic E-state index is 13.0. The number of nitrogens with zero attached hydrogens (tertiary/aromatic N) is 2. The number of aliphatic hydroxyl groups is 1. The van der Waals surface area contributed by atoms with E-state index >= 15 is 0 Å². The van der Waals surface area contributed by atoms with Gasteiger partial charge >= 0.3 is 5.97 Å². The Bertz CT molecular complexity index is 897. The van der Waals surface area contributed by atoms with Gasteiger partial charge in [0.2, 0.25) is 5.88 Å². The standard InChI is InChI=1S/C24H32FN3O6/c1-4-24(5-2,23(31)33-10-6-9-25)27-21(30)19-7-8-20(28-12-18(13-28)32-3)22(26-19)34-15-17-11-16(17)14-29/h4-5,7-8,16-18,29H,1-2,6,9-15H2,3H3,(H,27,30)/t16-,17-/m1/s1. The van der Waals surface area contributed by atoms with Crippen LogP contribution in [0.1, 0.15) is 23.3 Å². The van der Waals surface area contributed by atoms with E-state index in [1.165, 1.54) is 18.2 Å². The van der Waals surface area contributed by atoms with Gasteiger partial charge in [-0.05, 0) is 30.4 Å². The summed E-state index contributed by atoms with van der Waals surface area (Å²) in [4.78, 5) is 32.0. The van der Waals surface area contributed by atoms with Gasteiger partial charge in [-0.2, -0.15) is 0 Å². The molecule has 1 amide bonds. The number of pyridine rings is 1. The molecule has 2 N–H and O–H groups in total. The van der Waals surface area contributed by atoms with Crippen molar-refractivity contribution in [2.24, 2.45) is 11.8 Å². The summed E-state index contributed by atoms with van der Waals surface area (Å²) in [6.07, 6.45) is 3.45. The molecule has 1 aromatic rings. The number of aromatic nitrogens is 1. The molecule has 0 aromatic carbocycles. The van der Waals surface area contributed by atoms with Gasteiger partial charge in [-0.3, -0.25) is 9.18 Å². The van der Waals surface area contributed by atoms with E-state index in [9.17, 15) is 19.1 Å². The van der Waals surface area contributed by atoms with Crippen LogP contribution in [-0.4, -0.2) is 80.3 Å². The van der Waals surface area contributed by atoms with Gasteiger partial charge in [0.15, 0.2) is 5.54 Å². The normalized spacial score (nSPS) is 19.7. The average Bonchev–Trinajstić information content (AvgIpc) is 3.59. The summed E-state index contributed by atoms with van der Waals surface area (Å²) in [6.45, 7) is 8.30. The Morgan fingerprint density at radius 1 is 1.32 bits per heavy atom. The van der Waals surface area contributed by atoms with E-state index in [1.807, 2.05) is 4.90 Å². The van der Waals surface area contributed by atoms with Crippen LogP contribution in [0.25, 0.3) is 0 Å². The third-order valence-corrected chi connectivity index (χ3v) is 6.15. The number of rotatable bonds is 14. The molecule has 0 unspecified atom stereocenters. The summed E-state index contributed by atoms with van der Waals surface area (Å²) in [5, 5.41) is 11.8. The molecule has 2 heterocycles. The van der Waals surface area contributed by atoms with Crippen LogP contribution in [0.4, 0.5) is 10.1 Å². The van der Waals surface area contributed by atoms with Crippen LogP contribution >= 0.6 is 0 Å². The monoisotopic (exact) mass is 477 g/mol.